The molecule has 1 rings (SSSR count). The number of hydrogen-bond donors (Lipinski definition) is 3. The fraction of sp³-hybridized carbons (Fsp3) is 0.692. The first-order valence-corrected chi connectivity index (χ1v) is 6.33. The molecule has 0 saturated carbocycles. The SMILES string of the molecule is CC(C)(C(=O)NC/C=C/C(=O)O)C1CCCNC1. The second kappa shape index (κ2) is 6.54. The van der Waals surface area contributed by atoms with Crippen molar-refractivity contribution >= 4 is 11.9 Å². The molecular weight excluding hydrogens is 232 g/mol. The number of piperidine rings is 1. The van der Waals surface area contributed by atoms with Crippen molar-refractivity contribution in [1.82, 2.24) is 10.6 Å². The van der Waals surface area contributed by atoms with E-state index in [1.807, 2.05) is 13.8 Å². The highest BCUT2D eigenvalue weighted by Crippen LogP contribution is 2.31. The Kier molecular flexibility index (Phi) is 5.34. The van der Waals surface area contributed by atoms with Gasteiger partial charge in [0.25, 0.3) is 0 Å². The van der Waals surface area contributed by atoms with Gasteiger partial charge in [-0.3, -0.25) is 4.79 Å². The Labute approximate surface area is 108 Å². The fourth-order valence-electron chi connectivity index (χ4n) is 2.19. The molecule has 0 spiro atoms. The van der Waals surface area contributed by atoms with Gasteiger partial charge in [-0.05, 0) is 31.8 Å². The van der Waals surface area contributed by atoms with Gasteiger partial charge in [0.2, 0.25) is 5.91 Å². The Morgan fingerprint density at radius 2 is 2.22 bits per heavy atom. The third-order valence-electron chi connectivity index (χ3n) is 3.54. The molecule has 1 fully saturated rings. The Balaban J connectivity index is 2.45. The predicted molar refractivity (Wildman–Crippen MR) is 69.2 cm³/mol. The van der Waals surface area contributed by atoms with Crippen molar-refractivity contribution in [3.05, 3.63) is 12.2 Å². The summed E-state index contributed by atoms with van der Waals surface area (Å²) >= 11 is 0. The second-order valence-electron chi connectivity index (χ2n) is 5.22. The van der Waals surface area contributed by atoms with Gasteiger partial charge in [-0.25, -0.2) is 4.79 Å². The standard InChI is InChI=1S/C13H22N2O3/c1-13(2,10-5-3-7-14-9-10)12(18)15-8-4-6-11(16)17/h4,6,10,14H,3,5,7-9H2,1-2H3,(H,15,18)(H,16,17)/b6-4+. The smallest absolute Gasteiger partial charge is 0.328 e. The Bertz CT molecular complexity index is 331. The topological polar surface area (TPSA) is 78.4 Å². The minimum atomic E-state index is -1.00. The minimum Gasteiger partial charge on any atom is -0.478 e. The van der Waals surface area contributed by atoms with E-state index in [9.17, 15) is 9.59 Å². The summed E-state index contributed by atoms with van der Waals surface area (Å²) in [5.74, 6) is -0.694. The van der Waals surface area contributed by atoms with Gasteiger partial charge < -0.3 is 15.7 Å². The molecule has 1 saturated heterocycles. The van der Waals surface area contributed by atoms with Crippen molar-refractivity contribution in [2.45, 2.75) is 26.7 Å². The normalized spacial score (nSPS) is 20.9. The molecule has 1 amide bonds. The maximum atomic E-state index is 12.1. The summed E-state index contributed by atoms with van der Waals surface area (Å²) in [6, 6.07) is 0. The summed E-state index contributed by atoms with van der Waals surface area (Å²) in [4.78, 5) is 22.4. The fourth-order valence-corrected chi connectivity index (χ4v) is 2.19. The third-order valence-corrected chi connectivity index (χ3v) is 3.54. The number of hydrogen-bond acceptors (Lipinski definition) is 3. The van der Waals surface area contributed by atoms with Crippen LogP contribution in [-0.2, 0) is 9.59 Å². The van der Waals surface area contributed by atoms with Crippen LogP contribution < -0.4 is 10.6 Å². The highest BCUT2D eigenvalue weighted by atomic mass is 16.4. The molecule has 5 heteroatoms. The Hall–Kier alpha value is -1.36. The number of aliphatic carboxylic acids is 1. The summed E-state index contributed by atoms with van der Waals surface area (Å²) < 4.78 is 0. The van der Waals surface area contributed by atoms with Gasteiger partial charge in [-0.15, -0.1) is 0 Å². The lowest BCUT2D eigenvalue weighted by molar-refractivity contribution is -0.133. The van der Waals surface area contributed by atoms with E-state index >= 15 is 0 Å². The van der Waals surface area contributed by atoms with Crippen molar-refractivity contribution in [1.29, 1.82) is 0 Å². The molecule has 0 aliphatic carbocycles. The van der Waals surface area contributed by atoms with Gasteiger partial charge >= 0.3 is 5.97 Å². The average molecular weight is 254 g/mol. The van der Waals surface area contributed by atoms with Crippen LogP contribution in [0.25, 0.3) is 0 Å². The van der Waals surface area contributed by atoms with Gasteiger partial charge in [-0.1, -0.05) is 19.9 Å². The van der Waals surface area contributed by atoms with Crippen LogP contribution in [0.2, 0.25) is 0 Å². The van der Waals surface area contributed by atoms with Gasteiger partial charge in [0.05, 0.1) is 0 Å². The summed E-state index contributed by atoms with van der Waals surface area (Å²) in [6.45, 7) is 6.04. The van der Waals surface area contributed by atoms with Crippen molar-refractivity contribution in [3.8, 4) is 0 Å². The van der Waals surface area contributed by atoms with E-state index in [-0.39, 0.29) is 12.5 Å². The van der Waals surface area contributed by atoms with E-state index in [1.54, 1.807) is 0 Å². The average Bonchev–Trinajstić information content (AvgIpc) is 2.35. The van der Waals surface area contributed by atoms with Crippen molar-refractivity contribution in [2.24, 2.45) is 11.3 Å². The maximum Gasteiger partial charge on any atom is 0.328 e. The first-order chi connectivity index (χ1) is 8.44. The number of nitrogens with one attached hydrogen (secondary N) is 2. The molecule has 0 aromatic carbocycles. The number of carboxylic acids is 1. The molecule has 5 nitrogen and oxygen atoms in total. The number of rotatable bonds is 5. The lowest BCUT2D eigenvalue weighted by Gasteiger charge is -2.35. The Morgan fingerprint density at radius 3 is 2.78 bits per heavy atom. The summed E-state index contributed by atoms with van der Waals surface area (Å²) in [7, 11) is 0. The van der Waals surface area contributed by atoms with Crippen LogP contribution in [0.3, 0.4) is 0 Å². The zero-order valence-corrected chi connectivity index (χ0v) is 11.0. The van der Waals surface area contributed by atoms with Crippen LogP contribution in [0.15, 0.2) is 12.2 Å². The van der Waals surface area contributed by atoms with E-state index in [0.717, 1.165) is 32.0 Å². The van der Waals surface area contributed by atoms with Crippen LogP contribution in [-0.4, -0.2) is 36.6 Å². The molecule has 0 radical (unpaired) electrons. The van der Waals surface area contributed by atoms with Crippen molar-refractivity contribution < 1.29 is 14.7 Å². The predicted octanol–water partition coefficient (Wildman–Crippen LogP) is 0.769. The maximum absolute atomic E-state index is 12.1. The molecule has 1 unspecified atom stereocenters. The van der Waals surface area contributed by atoms with Crippen molar-refractivity contribution in [2.75, 3.05) is 19.6 Å². The van der Waals surface area contributed by atoms with Crippen LogP contribution in [0.1, 0.15) is 26.7 Å². The minimum absolute atomic E-state index is 0.0220. The molecule has 18 heavy (non-hydrogen) atoms. The van der Waals surface area contributed by atoms with Gasteiger partial charge in [0, 0.05) is 18.0 Å². The zero-order valence-electron chi connectivity index (χ0n) is 11.0. The lowest BCUT2D eigenvalue weighted by atomic mass is 9.74. The third kappa shape index (κ3) is 4.14. The number of carbonyl (C=O) groups is 2. The number of amides is 1. The first-order valence-electron chi connectivity index (χ1n) is 6.33. The molecule has 0 aromatic heterocycles. The number of carbonyl (C=O) groups excluding carboxylic acids is 1. The molecule has 1 atom stereocenters. The first kappa shape index (κ1) is 14.7. The van der Waals surface area contributed by atoms with E-state index < -0.39 is 11.4 Å². The lowest BCUT2D eigenvalue weighted by Crippen LogP contribution is -2.47. The second-order valence-corrected chi connectivity index (χ2v) is 5.22. The highest BCUT2D eigenvalue weighted by molar-refractivity contribution is 5.83. The molecule has 0 aromatic rings. The molecule has 102 valence electrons. The van der Waals surface area contributed by atoms with Gasteiger partial charge in [0.1, 0.15) is 0 Å². The van der Waals surface area contributed by atoms with E-state index in [0.29, 0.717) is 5.92 Å². The van der Waals surface area contributed by atoms with E-state index in [4.69, 9.17) is 5.11 Å². The zero-order chi connectivity index (χ0) is 13.6. The quantitative estimate of drug-likeness (QED) is 0.633. The summed E-state index contributed by atoms with van der Waals surface area (Å²) in [6.07, 6.45) is 4.63. The van der Waals surface area contributed by atoms with Crippen molar-refractivity contribution in [3.63, 3.8) is 0 Å². The molecule has 1 aliphatic heterocycles. The number of carboxylic acid groups (broad SMARTS) is 1. The largest absolute Gasteiger partial charge is 0.478 e. The van der Waals surface area contributed by atoms with Gasteiger partial charge in [0.15, 0.2) is 0 Å². The van der Waals surface area contributed by atoms with Crippen LogP contribution in [0.5, 0.6) is 0 Å². The molecule has 1 aliphatic rings. The molecular formula is C13H22N2O3. The van der Waals surface area contributed by atoms with Gasteiger partial charge in [-0.2, -0.15) is 0 Å². The summed E-state index contributed by atoms with van der Waals surface area (Å²) in [5.41, 5.74) is -0.426. The summed E-state index contributed by atoms with van der Waals surface area (Å²) in [5, 5.41) is 14.5. The van der Waals surface area contributed by atoms with E-state index in [2.05, 4.69) is 10.6 Å². The van der Waals surface area contributed by atoms with E-state index in [1.165, 1.54) is 6.08 Å². The van der Waals surface area contributed by atoms with Crippen LogP contribution in [0.4, 0.5) is 0 Å². The molecule has 0 bridgehead atoms. The highest BCUT2D eigenvalue weighted by Gasteiger charge is 2.36. The monoisotopic (exact) mass is 254 g/mol. The Morgan fingerprint density at radius 1 is 1.50 bits per heavy atom. The van der Waals surface area contributed by atoms with Crippen LogP contribution >= 0.6 is 0 Å². The molecule has 3 N–H and O–H groups in total. The molecule has 1 heterocycles. The van der Waals surface area contributed by atoms with Crippen LogP contribution in [0, 0.1) is 11.3 Å².